The molecule has 1 unspecified atom stereocenters. The van der Waals surface area contributed by atoms with Crippen LogP contribution in [0.15, 0.2) is 12.3 Å². The van der Waals surface area contributed by atoms with Crippen LogP contribution in [0, 0.1) is 0 Å². The van der Waals surface area contributed by atoms with Crippen LogP contribution < -0.4 is 0 Å². The minimum atomic E-state index is -0.785. The molecule has 72 valence electrons. The summed E-state index contributed by atoms with van der Waals surface area (Å²) in [6.45, 7) is 2.62. The van der Waals surface area contributed by atoms with Gasteiger partial charge in [0.25, 0.3) is 0 Å². The molecule has 0 aromatic rings. The van der Waals surface area contributed by atoms with Gasteiger partial charge in [0.1, 0.15) is 12.7 Å². The van der Waals surface area contributed by atoms with Crippen LogP contribution in [-0.2, 0) is 9.47 Å². The van der Waals surface area contributed by atoms with E-state index in [2.05, 4.69) is 0 Å². The highest BCUT2D eigenvalue weighted by molar-refractivity contribution is 4.64. The van der Waals surface area contributed by atoms with Crippen molar-refractivity contribution in [2.45, 2.75) is 13.0 Å². The van der Waals surface area contributed by atoms with E-state index in [0.29, 0.717) is 13.2 Å². The summed E-state index contributed by atoms with van der Waals surface area (Å²) in [6.07, 6.45) is 2.57. The molecule has 0 aromatic carbocycles. The van der Waals surface area contributed by atoms with E-state index in [-0.39, 0.29) is 13.2 Å². The maximum absolute atomic E-state index is 8.83. The monoisotopic (exact) mass is 176 g/mol. The number of rotatable bonds is 7. The Labute approximate surface area is 72.4 Å². The SMILES string of the molecule is CC=COCCOCC(O)CO. The molecule has 4 nitrogen and oxygen atoms in total. The largest absolute Gasteiger partial charge is 0.499 e. The van der Waals surface area contributed by atoms with Crippen LogP contribution in [0.3, 0.4) is 0 Å². The third kappa shape index (κ3) is 7.53. The zero-order valence-electron chi connectivity index (χ0n) is 7.27. The smallest absolute Gasteiger partial charge is 0.111 e. The second-order valence-corrected chi connectivity index (χ2v) is 2.25. The molecule has 0 bridgehead atoms. The quantitative estimate of drug-likeness (QED) is 0.420. The number of aliphatic hydroxyl groups excluding tert-OH is 2. The lowest BCUT2D eigenvalue weighted by Gasteiger charge is -2.07. The molecule has 0 fully saturated rings. The third-order valence-electron chi connectivity index (χ3n) is 1.10. The molecule has 0 heterocycles. The standard InChI is InChI=1S/C8H16O4/c1-2-3-11-4-5-12-7-8(10)6-9/h2-3,8-10H,4-7H2,1H3. The van der Waals surface area contributed by atoms with Crippen LogP contribution in [0.2, 0.25) is 0 Å². The van der Waals surface area contributed by atoms with Gasteiger partial charge in [-0.05, 0) is 6.92 Å². The van der Waals surface area contributed by atoms with E-state index in [1.807, 2.05) is 6.92 Å². The fourth-order valence-electron chi connectivity index (χ4n) is 0.543. The first-order chi connectivity index (χ1) is 5.81. The summed E-state index contributed by atoms with van der Waals surface area (Å²) in [6, 6.07) is 0. The molecule has 0 aliphatic heterocycles. The van der Waals surface area contributed by atoms with Crippen molar-refractivity contribution in [2.24, 2.45) is 0 Å². The van der Waals surface area contributed by atoms with Gasteiger partial charge in [-0.1, -0.05) is 6.08 Å². The molecule has 0 saturated heterocycles. The zero-order chi connectivity index (χ0) is 9.23. The predicted molar refractivity (Wildman–Crippen MR) is 44.7 cm³/mol. The van der Waals surface area contributed by atoms with Gasteiger partial charge >= 0.3 is 0 Å². The van der Waals surface area contributed by atoms with Crippen LogP contribution in [0.1, 0.15) is 6.92 Å². The van der Waals surface area contributed by atoms with Gasteiger partial charge in [0.2, 0.25) is 0 Å². The molecule has 4 heteroatoms. The van der Waals surface area contributed by atoms with E-state index < -0.39 is 6.10 Å². The molecule has 0 amide bonds. The van der Waals surface area contributed by atoms with Crippen molar-refractivity contribution in [3.8, 4) is 0 Å². The number of hydrogen-bond acceptors (Lipinski definition) is 4. The molecular formula is C8H16O4. The molecule has 0 radical (unpaired) electrons. The summed E-state index contributed by atoms with van der Waals surface area (Å²) in [5, 5.41) is 17.2. The highest BCUT2D eigenvalue weighted by Gasteiger charge is 1.99. The molecule has 0 rings (SSSR count). The van der Waals surface area contributed by atoms with Gasteiger partial charge in [-0.25, -0.2) is 0 Å². The summed E-state index contributed by atoms with van der Waals surface area (Å²) in [4.78, 5) is 0. The maximum atomic E-state index is 8.83. The minimum absolute atomic E-state index is 0.149. The fraction of sp³-hybridized carbons (Fsp3) is 0.750. The average Bonchev–Trinajstić information content (AvgIpc) is 2.10. The van der Waals surface area contributed by atoms with E-state index in [1.165, 1.54) is 0 Å². The zero-order valence-corrected chi connectivity index (χ0v) is 7.27. The first-order valence-corrected chi connectivity index (χ1v) is 3.90. The Morgan fingerprint density at radius 3 is 2.75 bits per heavy atom. The Hall–Kier alpha value is -0.580. The summed E-state index contributed by atoms with van der Waals surface area (Å²) in [5.74, 6) is 0. The summed E-state index contributed by atoms with van der Waals surface area (Å²) >= 11 is 0. The Morgan fingerprint density at radius 2 is 2.17 bits per heavy atom. The molecule has 12 heavy (non-hydrogen) atoms. The Morgan fingerprint density at radius 1 is 1.42 bits per heavy atom. The lowest BCUT2D eigenvalue weighted by atomic mass is 10.4. The summed E-state index contributed by atoms with van der Waals surface area (Å²) < 4.78 is 9.91. The normalized spacial score (nSPS) is 13.6. The molecule has 0 aliphatic rings. The molecule has 0 saturated carbocycles. The molecule has 2 N–H and O–H groups in total. The van der Waals surface area contributed by atoms with Gasteiger partial charge in [-0.2, -0.15) is 0 Å². The topological polar surface area (TPSA) is 58.9 Å². The van der Waals surface area contributed by atoms with Crippen molar-refractivity contribution in [3.63, 3.8) is 0 Å². The lowest BCUT2D eigenvalue weighted by molar-refractivity contribution is -0.00514. The highest BCUT2D eigenvalue weighted by atomic mass is 16.5. The Bertz CT molecular complexity index is 114. The molecular weight excluding hydrogens is 160 g/mol. The van der Waals surface area contributed by atoms with E-state index in [0.717, 1.165) is 0 Å². The minimum Gasteiger partial charge on any atom is -0.499 e. The van der Waals surface area contributed by atoms with E-state index >= 15 is 0 Å². The van der Waals surface area contributed by atoms with Gasteiger partial charge < -0.3 is 19.7 Å². The molecule has 0 spiro atoms. The average molecular weight is 176 g/mol. The number of hydrogen-bond donors (Lipinski definition) is 2. The van der Waals surface area contributed by atoms with Crippen molar-refractivity contribution in [3.05, 3.63) is 12.3 Å². The van der Waals surface area contributed by atoms with Gasteiger partial charge in [0, 0.05) is 0 Å². The molecule has 0 aliphatic carbocycles. The van der Waals surface area contributed by atoms with Gasteiger partial charge in [-0.3, -0.25) is 0 Å². The fourth-order valence-corrected chi connectivity index (χ4v) is 0.543. The highest BCUT2D eigenvalue weighted by Crippen LogP contribution is 1.84. The first-order valence-electron chi connectivity index (χ1n) is 3.90. The lowest BCUT2D eigenvalue weighted by Crippen LogP contribution is -2.20. The van der Waals surface area contributed by atoms with Crippen LogP contribution in [0.4, 0.5) is 0 Å². The predicted octanol–water partition coefficient (Wildman–Crippen LogP) is -0.0936. The second kappa shape index (κ2) is 8.52. The van der Waals surface area contributed by atoms with E-state index in [4.69, 9.17) is 19.7 Å². The Balaban J connectivity index is 3.00. The van der Waals surface area contributed by atoms with E-state index in [9.17, 15) is 0 Å². The van der Waals surface area contributed by atoms with Crippen molar-refractivity contribution in [1.29, 1.82) is 0 Å². The van der Waals surface area contributed by atoms with E-state index in [1.54, 1.807) is 12.3 Å². The second-order valence-electron chi connectivity index (χ2n) is 2.25. The Kier molecular flexibility index (Phi) is 8.10. The van der Waals surface area contributed by atoms with Crippen molar-refractivity contribution >= 4 is 0 Å². The number of ether oxygens (including phenoxy) is 2. The molecule has 1 atom stereocenters. The molecule has 0 aromatic heterocycles. The summed E-state index contributed by atoms with van der Waals surface area (Å²) in [5.41, 5.74) is 0. The van der Waals surface area contributed by atoms with Gasteiger partial charge in [0.05, 0.1) is 26.1 Å². The number of allylic oxidation sites excluding steroid dienone is 1. The van der Waals surface area contributed by atoms with Crippen molar-refractivity contribution < 1.29 is 19.7 Å². The third-order valence-corrected chi connectivity index (χ3v) is 1.10. The first kappa shape index (κ1) is 11.4. The maximum Gasteiger partial charge on any atom is 0.111 e. The number of aliphatic hydroxyl groups is 2. The van der Waals surface area contributed by atoms with Crippen LogP contribution in [0.25, 0.3) is 0 Å². The van der Waals surface area contributed by atoms with Crippen molar-refractivity contribution in [1.82, 2.24) is 0 Å². The van der Waals surface area contributed by atoms with Crippen LogP contribution >= 0.6 is 0 Å². The van der Waals surface area contributed by atoms with Gasteiger partial charge in [0.15, 0.2) is 0 Å². The van der Waals surface area contributed by atoms with Crippen molar-refractivity contribution in [2.75, 3.05) is 26.4 Å². The van der Waals surface area contributed by atoms with Crippen LogP contribution in [0.5, 0.6) is 0 Å². The summed E-state index contributed by atoms with van der Waals surface area (Å²) in [7, 11) is 0. The van der Waals surface area contributed by atoms with Crippen LogP contribution in [-0.4, -0.2) is 42.7 Å². The van der Waals surface area contributed by atoms with Gasteiger partial charge in [-0.15, -0.1) is 0 Å².